The van der Waals surface area contributed by atoms with E-state index in [-0.39, 0.29) is 0 Å². The molecule has 3 heteroatoms. The van der Waals surface area contributed by atoms with Crippen molar-refractivity contribution in [3.8, 4) is 0 Å². The van der Waals surface area contributed by atoms with Crippen molar-refractivity contribution in [2.45, 2.75) is 30.7 Å². The molecule has 0 fully saturated rings. The largest absolute Gasteiger partial charge is 0.217 e. The maximum atomic E-state index is 11.2. The number of rotatable bonds is 4. The predicted octanol–water partition coefficient (Wildman–Crippen LogP) is 3.09. The molecule has 1 radical (unpaired) electrons. The Morgan fingerprint density at radius 3 is 2.33 bits per heavy atom. The average molecular weight is 259 g/mol. The summed E-state index contributed by atoms with van der Waals surface area (Å²) in [6, 6.07) is 0. The molecular weight excluding hydrogens is 248 g/mol. The summed E-state index contributed by atoms with van der Waals surface area (Å²) in [6.45, 7) is 2.02. The first-order valence-corrected chi connectivity index (χ1v) is 4.99. The van der Waals surface area contributed by atoms with E-state index in [0.29, 0.717) is 12.8 Å². The first kappa shape index (κ1) is 9.92. The number of alkyl halides is 2. The molecule has 0 amide bonds. The van der Waals surface area contributed by atoms with Gasteiger partial charge in [0.05, 0.1) is 0 Å². The Morgan fingerprint density at radius 1 is 1.44 bits per heavy atom. The van der Waals surface area contributed by atoms with Gasteiger partial charge in [-0.05, 0) is 12.8 Å². The summed E-state index contributed by atoms with van der Waals surface area (Å²) in [6.07, 6.45) is 2.31. The SMILES string of the molecule is CCCC([O])(Br)CCBr. The molecule has 0 spiro atoms. The van der Waals surface area contributed by atoms with E-state index < -0.39 is 4.51 Å². The molecule has 1 atom stereocenters. The van der Waals surface area contributed by atoms with Crippen LogP contribution < -0.4 is 0 Å². The van der Waals surface area contributed by atoms with Crippen LogP contribution in [0.25, 0.3) is 0 Å². The third kappa shape index (κ3) is 5.37. The normalized spacial score (nSPS) is 17.3. The zero-order chi connectivity index (χ0) is 7.33. The molecule has 0 N–H and O–H groups in total. The van der Waals surface area contributed by atoms with Gasteiger partial charge in [-0.1, -0.05) is 45.2 Å². The highest BCUT2D eigenvalue weighted by Gasteiger charge is 2.22. The molecule has 0 aliphatic carbocycles. The molecule has 1 nitrogen and oxygen atoms in total. The summed E-state index contributed by atoms with van der Waals surface area (Å²) in [5, 5.41) is 12.0. The molecule has 0 aromatic carbocycles. The molecule has 55 valence electrons. The van der Waals surface area contributed by atoms with Gasteiger partial charge in [0.2, 0.25) is 0 Å². The summed E-state index contributed by atoms with van der Waals surface area (Å²) >= 11 is 6.34. The minimum absolute atomic E-state index is 0.654. The second-order valence-electron chi connectivity index (χ2n) is 2.07. The standard InChI is InChI=1S/C6H11Br2O/c1-2-3-6(8,9)4-5-7/h2-5H2,1H3. The Kier molecular flexibility index (Phi) is 5.17. The number of hydrogen-bond acceptors (Lipinski definition) is 0. The van der Waals surface area contributed by atoms with Crippen LogP contribution in [0.3, 0.4) is 0 Å². The van der Waals surface area contributed by atoms with Crippen LogP contribution in [0.5, 0.6) is 0 Å². The van der Waals surface area contributed by atoms with Crippen LogP contribution >= 0.6 is 31.9 Å². The lowest BCUT2D eigenvalue weighted by Gasteiger charge is -2.14. The fourth-order valence-corrected chi connectivity index (χ4v) is 2.41. The van der Waals surface area contributed by atoms with Gasteiger partial charge >= 0.3 is 0 Å². The Balaban J connectivity index is 3.43. The maximum Gasteiger partial charge on any atom is 0.158 e. The summed E-state index contributed by atoms with van der Waals surface area (Å²) in [5.41, 5.74) is 0. The minimum Gasteiger partial charge on any atom is -0.217 e. The molecule has 0 aromatic rings. The van der Waals surface area contributed by atoms with E-state index in [0.717, 1.165) is 11.8 Å². The minimum atomic E-state index is -0.884. The van der Waals surface area contributed by atoms with Crippen molar-refractivity contribution in [3.63, 3.8) is 0 Å². The number of halogens is 2. The van der Waals surface area contributed by atoms with Crippen molar-refractivity contribution in [1.82, 2.24) is 0 Å². The monoisotopic (exact) mass is 257 g/mol. The van der Waals surface area contributed by atoms with Gasteiger partial charge in [-0.15, -0.1) is 0 Å². The van der Waals surface area contributed by atoms with E-state index in [1.165, 1.54) is 0 Å². The van der Waals surface area contributed by atoms with Gasteiger partial charge in [-0.3, -0.25) is 0 Å². The van der Waals surface area contributed by atoms with Crippen LogP contribution in [0, 0.1) is 0 Å². The Bertz CT molecular complexity index is 65.5. The quantitative estimate of drug-likeness (QED) is 0.691. The molecule has 0 bridgehead atoms. The molecule has 0 aliphatic rings. The van der Waals surface area contributed by atoms with Crippen LogP contribution in [-0.4, -0.2) is 9.84 Å². The Morgan fingerprint density at radius 2 is 2.00 bits per heavy atom. The molecule has 0 saturated heterocycles. The lowest BCUT2D eigenvalue weighted by Crippen LogP contribution is -2.17. The topological polar surface area (TPSA) is 19.9 Å². The summed E-state index contributed by atoms with van der Waals surface area (Å²) in [7, 11) is 0. The lowest BCUT2D eigenvalue weighted by atomic mass is 10.2. The van der Waals surface area contributed by atoms with Crippen LogP contribution in [0.15, 0.2) is 0 Å². The van der Waals surface area contributed by atoms with Crippen molar-refractivity contribution in [2.75, 3.05) is 5.33 Å². The maximum absolute atomic E-state index is 11.2. The molecule has 0 aromatic heterocycles. The van der Waals surface area contributed by atoms with Crippen molar-refractivity contribution < 1.29 is 5.11 Å². The first-order valence-electron chi connectivity index (χ1n) is 3.07. The van der Waals surface area contributed by atoms with Gasteiger partial charge in [0, 0.05) is 5.33 Å². The molecule has 0 rings (SSSR count). The van der Waals surface area contributed by atoms with Crippen molar-refractivity contribution in [2.24, 2.45) is 0 Å². The second kappa shape index (κ2) is 4.69. The molecule has 1 unspecified atom stereocenters. The first-order chi connectivity index (χ1) is 4.12. The van der Waals surface area contributed by atoms with E-state index in [1.807, 2.05) is 6.92 Å². The zero-order valence-electron chi connectivity index (χ0n) is 5.49. The molecule has 9 heavy (non-hydrogen) atoms. The molecule has 0 heterocycles. The van der Waals surface area contributed by atoms with Crippen LogP contribution in [0.4, 0.5) is 0 Å². The highest BCUT2D eigenvalue weighted by atomic mass is 79.9. The third-order valence-corrected chi connectivity index (χ3v) is 2.28. The molecular formula is C6H11Br2O. The van der Waals surface area contributed by atoms with Gasteiger partial charge in [-0.2, -0.15) is 0 Å². The van der Waals surface area contributed by atoms with E-state index in [2.05, 4.69) is 31.9 Å². The van der Waals surface area contributed by atoms with Gasteiger partial charge in [0.1, 0.15) is 0 Å². The van der Waals surface area contributed by atoms with Gasteiger partial charge in [0.15, 0.2) is 4.51 Å². The Hall–Kier alpha value is 0.920. The lowest BCUT2D eigenvalue weighted by molar-refractivity contribution is 0.0519. The fraction of sp³-hybridized carbons (Fsp3) is 1.00. The van der Waals surface area contributed by atoms with E-state index in [1.54, 1.807) is 0 Å². The highest BCUT2D eigenvalue weighted by molar-refractivity contribution is 9.10. The number of hydrogen-bond donors (Lipinski definition) is 0. The average Bonchev–Trinajstić information content (AvgIpc) is 1.64. The third-order valence-electron chi connectivity index (χ3n) is 1.09. The van der Waals surface area contributed by atoms with Gasteiger partial charge < -0.3 is 0 Å². The van der Waals surface area contributed by atoms with Gasteiger partial charge in [0.25, 0.3) is 0 Å². The van der Waals surface area contributed by atoms with Crippen molar-refractivity contribution >= 4 is 31.9 Å². The van der Waals surface area contributed by atoms with E-state index >= 15 is 0 Å². The van der Waals surface area contributed by atoms with Crippen molar-refractivity contribution in [3.05, 3.63) is 0 Å². The zero-order valence-corrected chi connectivity index (χ0v) is 8.66. The molecule has 0 saturated carbocycles. The summed E-state index contributed by atoms with van der Waals surface area (Å²) in [4.78, 5) is 0. The van der Waals surface area contributed by atoms with Crippen LogP contribution in [0.1, 0.15) is 26.2 Å². The fourth-order valence-electron chi connectivity index (χ4n) is 0.639. The van der Waals surface area contributed by atoms with Crippen LogP contribution in [0.2, 0.25) is 0 Å². The van der Waals surface area contributed by atoms with Crippen molar-refractivity contribution in [1.29, 1.82) is 0 Å². The Labute approximate surface area is 73.1 Å². The predicted molar refractivity (Wildman–Crippen MR) is 45.7 cm³/mol. The smallest absolute Gasteiger partial charge is 0.158 e. The second-order valence-corrected chi connectivity index (χ2v) is 4.31. The van der Waals surface area contributed by atoms with Crippen LogP contribution in [-0.2, 0) is 5.11 Å². The van der Waals surface area contributed by atoms with E-state index in [9.17, 15) is 5.11 Å². The summed E-state index contributed by atoms with van der Waals surface area (Å²) in [5.74, 6) is 0. The summed E-state index contributed by atoms with van der Waals surface area (Å²) < 4.78 is -0.884. The highest BCUT2D eigenvalue weighted by Crippen LogP contribution is 2.25. The molecule has 0 aliphatic heterocycles. The van der Waals surface area contributed by atoms with E-state index in [4.69, 9.17) is 0 Å². The van der Waals surface area contributed by atoms with Gasteiger partial charge in [-0.25, -0.2) is 5.11 Å².